The summed E-state index contributed by atoms with van der Waals surface area (Å²) in [5, 5.41) is 0. The Balaban J connectivity index is 1.59. The highest BCUT2D eigenvalue weighted by molar-refractivity contribution is 8.00. The number of urea groups is 1. The smallest absolute Gasteiger partial charge is 0.305 e. The van der Waals surface area contributed by atoms with Crippen molar-refractivity contribution >= 4 is 29.4 Å². The molecule has 27 heavy (non-hydrogen) atoms. The third kappa shape index (κ3) is 3.27. The van der Waals surface area contributed by atoms with Crippen LogP contribution >= 0.6 is 11.8 Å². The molecule has 2 fully saturated rings. The van der Waals surface area contributed by atoms with Crippen molar-refractivity contribution in [2.45, 2.75) is 35.3 Å². The monoisotopic (exact) mass is 393 g/mol. The highest BCUT2D eigenvalue weighted by Gasteiger charge is 2.65. The van der Waals surface area contributed by atoms with E-state index in [9.17, 15) is 22.8 Å². The van der Waals surface area contributed by atoms with E-state index in [4.69, 9.17) is 0 Å². The number of benzene rings is 1. The first-order valence-electron chi connectivity index (χ1n) is 8.21. The fourth-order valence-corrected chi connectivity index (χ4v) is 3.77. The van der Waals surface area contributed by atoms with Crippen molar-refractivity contribution in [1.82, 2.24) is 9.88 Å². The molecule has 5 nitrogen and oxygen atoms in total. The van der Waals surface area contributed by atoms with E-state index in [1.807, 2.05) is 0 Å². The number of thioether (sulfide) groups is 1. The molecule has 1 aliphatic carbocycles. The van der Waals surface area contributed by atoms with Crippen molar-refractivity contribution in [2.24, 2.45) is 0 Å². The van der Waals surface area contributed by atoms with Gasteiger partial charge in [-0.05, 0) is 66.6 Å². The first-order chi connectivity index (χ1) is 12.8. The molecule has 1 aliphatic heterocycles. The van der Waals surface area contributed by atoms with Gasteiger partial charge >= 0.3 is 11.5 Å². The Morgan fingerprint density at radius 2 is 1.67 bits per heavy atom. The molecule has 0 unspecified atom stereocenters. The summed E-state index contributed by atoms with van der Waals surface area (Å²) < 4.78 is 37.4. The van der Waals surface area contributed by atoms with Gasteiger partial charge in [0.25, 0.3) is 5.91 Å². The van der Waals surface area contributed by atoms with Crippen LogP contribution in [0, 0.1) is 0 Å². The molecule has 0 N–H and O–H groups in total. The van der Waals surface area contributed by atoms with E-state index < -0.39 is 17.1 Å². The zero-order valence-corrected chi connectivity index (χ0v) is 14.8. The summed E-state index contributed by atoms with van der Waals surface area (Å²) >= 11 is -0.237. The van der Waals surface area contributed by atoms with Gasteiger partial charge in [-0.3, -0.25) is 9.78 Å². The minimum atomic E-state index is -4.39. The first-order valence-corrected chi connectivity index (χ1v) is 9.03. The van der Waals surface area contributed by atoms with Gasteiger partial charge in [0.1, 0.15) is 5.54 Å². The van der Waals surface area contributed by atoms with Gasteiger partial charge in [0.05, 0.1) is 5.69 Å². The lowest BCUT2D eigenvalue weighted by Crippen LogP contribution is -2.36. The third-order valence-corrected chi connectivity index (χ3v) is 5.42. The van der Waals surface area contributed by atoms with E-state index in [2.05, 4.69) is 4.98 Å². The molecule has 1 spiro atoms. The lowest BCUT2D eigenvalue weighted by atomic mass is 10.2. The second kappa shape index (κ2) is 6.26. The number of amides is 3. The summed E-state index contributed by atoms with van der Waals surface area (Å²) in [5.74, 6) is -0.321. The van der Waals surface area contributed by atoms with Crippen LogP contribution in [0.1, 0.15) is 18.4 Å². The van der Waals surface area contributed by atoms with Crippen molar-refractivity contribution in [3.63, 3.8) is 0 Å². The maximum atomic E-state index is 12.9. The molecule has 140 valence electrons. The van der Waals surface area contributed by atoms with Crippen molar-refractivity contribution in [3.8, 4) is 0 Å². The van der Waals surface area contributed by atoms with E-state index in [-0.39, 0.29) is 34.8 Å². The molecule has 2 aromatic rings. The Bertz CT molecular complexity index is 883. The second-order valence-corrected chi connectivity index (χ2v) is 7.58. The van der Waals surface area contributed by atoms with Crippen molar-refractivity contribution < 1.29 is 22.8 Å². The second-order valence-electron chi connectivity index (χ2n) is 6.44. The predicted octanol–water partition coefficient (Wildman–Crippen LogP) is 4.19. The number of hydrogen-bond donors (Lipinski definition) is 0. The molecule has 9 heteroatoms. The van der Waals surface area contributed by atoms with E-state index in [1.165, 1.54) is 24.3 Å². The van der Waals surface area contributed by atoms with E-state index in [1.54, 1.807) is 29.4 Å². The molecule has 1 saturated carbocycles. The molecule has 0 bridgehead atoms. The van der Waals surface area contributed by atoms with Crippen LogP contribution in [0.25, 0.3) is 0 Å². The number of nitrogens with zero attached hydrogens (tertiary/aromatic N) is 3. The normalized spacial score (nSPS) is 18.5. The molecule has 2 aliphatic rings. The SMILES string of the molecule is O=C1N(c2ccc(SC(F)(F)F)cc2)C(=O)C2(CC2)N1Cc1ccncc1. The van der Waals surface area contributed by atoms with E-state index in [0.29, 0.717) is 12.8 Å². The molecule has 4 rings (SSSR count). The maximum absolute atomic E-state index is 12.9. The Hall–Kier alpha value is -2.55. The first kappa shape index (κ1) is 17.8. The minimum Gasteiger partial charge on any atom is -0.305 e. The maximum Gasteiger partial charge on any atom is 0.446 e. The number of alkyl halides is 3. The van der Waals surface area contributed by atoms with Crippen LogP contribution in [0.3, 0.4) is 0 Å². The van der Waals surface area contributed by atoms with Gasteiger partial charge in [-0.1, -0.05) is 0 Å². The van der Waals surface area contributed by atoms with Gasteiger partial charge < -0.3 is 4.90 Å². The van der Waals surface area contributed by atoms with Gasteiger partial charge in [-0.25, -0.2) is 9.69 Å². The Morgan fingerprint density at radius 3 is 2.22 bits per heavy atom. The minimum absolute atomic E-state index is 0.000113. The van der Waals surface area contributed by atoms with Gasteiger partial charge in [-0.15, -0.1) is 0 Å². The summed E-state index contributed by atoms with van der Waals surface area (Å²) in [6, 6.07) is 8.37. The number of aromatic nitrogens is 1. The third-order valence-electron chi connectivity index (χ3n) is 4.68. The molecule has 1 aromatic heterocycles. The summed E-state index contributed by atoms with van der Waals surface area (Å²) in [4.78, 5) is 32.4. The topological polar surface area (TPSA) is 53.5 Å². The average molecular weight is 393 g/mol. The van der Waals surface area contributed by atoms with Gasteiger partial charge in [0.2, 0.25) is 0 Å². The van der Waals surface area contributed by atoms with Gasteiger partial charge in [-0.2, -0.15) is 13.2 Å². The fraction of sp³-hybridized carbons (Fsp3) is 0.278. The van der Waals surface area contributed by atoms with Crippen molar-refractivity contribution in [3.05, 3.63) is 54.4 Å². The lowest BCUT2D eigenvalue weighted by molar-refractivity contribution is -0.120. The predicted molar refractivity (Wildman–Crippen MR) is 93.0 cm³/mol. The van der Waals surface area contributed by atoms with Crippen molar-refractivity contribution in [1.29, 1.82) is 0 Å². The number of pyridine rings is 1. The quantitative estimate of drug-likeness (QED) is 0.577. The van der Waals surface area contributed by atoms with Crippen molar-refractivity contribution in [2.75, 3.05) is 4.90 Å². The number of hydrogen-bond acceptors (Lipinski definition) is 4. The molecule has 2 heterocycles. The van der Waals surface area contributed by atoms with E-state index in [0.717, 1.165) is 10.5 Å². The number of rotatable bonds is 4. The van der Waals surface area contributed by atoms with Crippen LogP contribution in [-0.2, 0) is 11.3 Å². The fourth-order valence-electron chi connectivity index (χ4n) is 3.23. The van der Waals surface area contributed by atoms with Crippen LogP contribution in [0.4, 0.5) is 23.7 Å². The standard InChI is InChI=1S/C18H14F3N3O2S/c19-18(20,21)27-14-3-1-13(2-4-14)24-15(25)17(7-8-17)23(16(24)26)11-12-5-9-22-10-6-12/h1-6,9-10H,7-8,11H2. The van der Waals surface area contributed by atoms with Crippen LogP contribution in [0.5, 0.6) is 0 Å². The zero-order chi connectivity index (χ0) is 19.2. The zero-order valence-electron chi connectivity index (χ0n) is 13.9. The highest BCUT2D eigenvalue weighted by Crippen LogP contribution is 2.49. The van der Waals surface area contributed by atoms with Crippen LogP contribution < -0.4 is 4.90 Å². The molecule has 0 atom stereocenters. The average Bonchev–Trinajstić information content (AvgIpc) is 3.39. The number of carbonyl (C=O) groups is 2. The van der Waals surface area contributed by atoms with Gasteiger partial charge in [0.15, 0.2) is 0 Å². The number of anilines is 1. The number of imide groups is 1. The Kier molecular flexibility index (Phi) is 4.14. The Morgan fingerprint density at radius 1 is 1.04 bits per heavy atom. The highest BCUT2D eigenvalue weighted by atomic mass is 32.2. The molecule has 1 saturated heterocycles. The molecule has 3 amide bonds. The Labute approximate surface area is 157 Å². The molecule has 1 aromatic carbocycles. The van der Waals surface area contributed by atoms with Crippen LogP contribution in [0.2, 0.25) is 0 Å². The van der Waals surface area contributed by atoms with E-state index >= 15 is 0 Å². The number of halogens is 3. The summed E-state index contributed by atoms with van der Waals surface area (Å²) in [6.07, 6.45) is 4.40. The largest absolute Gasteiger partial charge is 0.446 e. The summed E-state index contributed by atoms with van der Waals surface area (Å²) in [6.45, 7) is 0.283. The summed E-state index contributed by atoms with van der Waals surface area (Å²) in [5.41, 5.74) is -4.09. The summed E-state index contributed by atoms with van der Waals surface area (Å²) in [7, 11) is 0. The molecule has 0 radical (unpaired) electrons. The lowest BCUT2D eigenvalue weighted by Gasteiger charge is -2.21. The molecular formula is C18H14F3N3O2S. The number of carbonyl (C=O) groups excluding carboxylic acids is 2. The van der Waals surface area contributed by atoms with Crippen LogP contribution in [0.15, 0.2) is 53.7 Å². The van der Waals surface area contributed by atoms with Gasteiger partial charge in [0, 0.05) is 23.8 Å². The molecular weight excluding hydrogens is 379 g/mol. The van der Waals surface area contributed by atoms with Crippen LogP contribution in [-0.4, -0.2) is 32.9 Å².